The van der Waals surface area contributed by atoms with Crippen LogP contribution in [0.2, 0.25) is 0 Å². The van der Waals surface area contributed by atoms with Crippen LogP contribution in [0.3, 0.4) is 0 Å². The number of hydrogen-bond donors (Lipinski definition) is 2. The molecule has 0 fully saturated rings. The van der Waals surface area contributed by atoms with Crippen LogP contribution in [0.4, 0.5) is 0 Å². The van der Waals surface area contributed by atoms with Gasteiger partial charge in [0, 0.05) is 24.1 Å². The highest BCUT2D eigenvalue weighted by Crippen LogP contribution is 2.29. The Morgan fingerprint density at radius 2 is 1.95 bits per heavy atom. The molecule has 0 bridgehead atoms. The third kappa shape index (κ3) is 4.13. The summed E-state index contributed by atoms with van der Waals surface area (Å²) >= 11 is 0. The second-order valence-corrected chi connectivity index (χ2v) is 4.80. The molecule has 2 N–H and O–H groups in total. The van der Waals surface area contributed by atoms with E-state index in [1.165, 1.54) is 0 Å². The minimum absolute atomic E-state index is 0.0183. The molecule has 1 aromatic rings. The fourth-order valence-corrected chi connectivity index (χ4v) is 2.01. The van der Waals surface area contributed by atoms with E-state index in [0.29, 0.717) is 12.3 Å². The van der Waals surface area contributed by atoms with Crippen LogP contribution in [0.5, 0.6) is 11.5 Å². The van der Waals surface area contributed by atoms with E-state index in [2.05, 4.69) is 10.6 Å². The van der Waals surface area contributed by atoms with Gasteiger partial charge in [0.15, 0.2) is 0 Å². The van der Waals surface area contributed by atoms with Crippen molar-refractivity contribution in [1.82, 2.24) is 10.6 Å². The molecule has 1 amide bonds. The Kier molecular flexibility index (Phi) is 6.31. The lowest BCUT2D eigenvalue weighted by Gasteiger charge is -2.20. The van der Waals surface area contributed by atoms with Crippen LogP contribution in [0.25, 0.3) is 0 Å². The minimum Gasteiger partial charge on any atom is -0.497 e. The molecule has 5 heteroatoms. The van der Waals surface area contributed by atoms with Gasteiger partial charge in [0.1, 0.15) is 11.5 Å². The van der Waals surface area contributed by atoms with Crippen molar-refractivity contribution in [1.29, 1.82) is 0 Å². The number of carbonyl (C=O) groups is 1. The first-order chi connectivity index (χ1) is 9.53. The van der Waals surface area contributed by atoms with Crippen molar-refractivity contribution in [2.24, 2.45) is 5.92 Å². The molecule has 5 nitrogen and oxygen atoms in total. The summed E-state index contributed by atoms with van der Waals surface area (Å²) in [5.74, 6) is 1.38. The normalized spacial score (nSPS) is 13.4. The van der Waals surface area contributed by atoms with Gasteiger partial charge in [0.25, 0.3) is 0 Å². The third-order valence-corrected chi connectivity index (χ3v) is 3.22. The quantitative estimate of drug-likeness (QED) is 0.798. The average molecular weight is 280 g/mol. The fourth-order valence-electron chi connectivity index (χ4n) is 2.01. The number of methoxy groups -OCH3 is 2. The lowest BCUT2D eigenvalue weighted by Crippen LogP contribution is -2.35. The molecule has 0 heterocycles. The molecule has 1 aromatic carbocycles. The van der Waals surface area contributed by atoms with Crippen LogP contribution in [0.1, 0.15) is 25.5 Å². The zero-order valence-electron chi connectivity index (χ0n) is 12.8. The first kappa shape index (κ1) is 16.3. The monoisotopic (exact) mass is 280 g/mol. The van der Waals surface area contributed by atoms with E-state index in [0.717, 1.165) is 11.3 Å². The van der Waals surface area contributed by atoms with Crippen LogP contribution >= 0.6 is 0 Å². The van der Waals surface area contributed by atoms with Crippen LogP contribution in [0.15, 0.2) is 18.2 Å². The molecule has 112 valence electrons. The fraction of sp³-hybridized carbons (Fsp3) is 0.533. The second-order valence-electron chi connectivity index (χ2n) is 4.80. The topological polar surface area (TPSA) is 59.6 Å². The zero-order valence-corrected chi connectivity index (χ0v) is 12.8. The summed E-state index contributed by atoms with van der Waals surface area (Å²) in [6.07, 6.45) is 0. The highest BCUT2D eigenvalue weighted by atomic mass is 16.5. The summed E-state index contributed by atoms with van der Waals surface area (Å²) in [6.45, 7) is 4.48. The highest BCUT2D eigenvalue weighted by Gasteiger charge is 2.18. The van der Waals surface area contributed by atoms with Gasteiger partial charge in [-0.3, -0.25) is 4.79 Å². The van der Waals surface area contributed by atoms with Gasteiger partial charge in [-0.1, -0.05) is 6.92 Å². The van der Waals surface area contributed by atoms with Gasteiger partial charge < -0.3 is 20.1 Å². The average Bonchev–Trinajstić information content (AvgIpc) is 2.46. The van der Waals surface area contributed by atoms with Crippen molar-refractivity contribution < 1.29 is 14.3 Å². The first-order valence-electron chi connectivity index (χ1n) is 6.70. The molecule has 0 aliphatic carbocycles. The number of carbonyl (C=O) groups excluding carboxylic acids is 1. The lowest BCUT2D eigenvalue weighted by molar-refractivity contribution is -0.125. The number of hydrogen-bond acceptors (Lipinski definition) is 4. The number of benzene rings is 1. The molecular formula is C15H24N2O3. The van der Waals surface area contributed by atoms with Crippen molar-refractivity contribution in [2.75, 3.05) is 27.8 Å². The Balaban J connectivity index is 2.81. The largest absolute Gasteiger partial charge is 0.497 e. The summed E-state index contributed by atoms with van der Waals surface area (Å²) < 4.78 is 10.5. The summed E-state index contributed by atoms with van der Waals surface area (Å²) in [6, 6.07) is 5.46. The maximum Gasteiger partial charge on any atom is 0.224 e. The lowest BCUT2D eigenvalue weighted by atomic mass is 10.1. The van der Waals surface area contributed by atoms with E-state index in [1.54, 1.807) is 14.2 Å². The second kappa shape index (κ2) is 7.75. The van der Waals surface area contributed by atoms with Gasteiger partial charge in [0.05, 0.1) is 20.3 Å². The van der Waals surface area contributed by atoms with Gasteiger partial charge in [-0.2, -0.15) is 0 Å². The van der Waals surface area contributed by atoms with Crippen LogP contribution in [-0.2, 0) is 4.79 Å². The molecule has 0 radical (unpaired) electrons. The summed E-state index contributed by atoms with van der Waals surface area (Å²) in [4.78, 5) is 12.0. The van der Waals surface area contributed by atoms with Crippen molar-refractivity contribution in [3.05, 3.63) is 23.8 Å². The molecular weight excluding hydrogens is 256 g/mol. The van der Waals surface area contributed by atoms with Gasteiger partial charge in [-0.05, 0) is 26.1 Å². The van der Waals surface area contributed by atoms with Gasteiger partial charge >= 0.3 is 0 Å². The molecule has 0 aliphatic rings. The Morgan fingerprint density at radius 1 is 1.25 bits per heavy atom. The zero-order chi connectivity index (χ0) is 15.1. The molecule has 0 saturated carbocycles. The van der Waals surface area contributed by atoms with E-state index in [1.807, 2.05) is 39.1 Å². The van der Waals surface area contributed by atoms with E-state index in [4.69, 9.17) is 9.47 Å². The van der Waals surface area contributed by atoms with Crippen LogP contribution in [-0.4, -0.2) is 33.7 Å². The SMILES string of the molecule is CNCC(C)C(=O)NC(C)c1ccc(OC)cc1OC. The van der Waals surface area contributed by atoms with E-state index in [9.17, 15) is 4.79 Å². The first-order valence-corrected chi connectivity index (χ1v) is 6.70. The molecule has 0 spiro atoms. The molecule has 20 heavy (non-hydrogen) atoms. The van der Waals surface area contributed by atoms with E-state index < -0.39 is 0 Å². The Morgan fingerprint density at radius 3 is 2.50 bits per heavy atom. The molecule has 2 unspecified atom stereocenters. The Bertz CT molecular complexity index is 449. The third-order valence-electron chi connectivity index (χ3n) is 3.22. The molecule has 0 aromatic heterocycles. The standard InChI is InChI=1S/C15H24N2O3/c1-10(9-16-3)15(18)17-11(2)13-7-6-12(19-4)8-14(13)20-5/h6-8,10-11,16H,9H2,1-5H3,(H,17,18). The van der Waals surface area contributed by atoms with Crippen molar-refractivity contribution in [3.63, 3.8) is 0 Å². The molecule has 0 saturated heterocycles. The summed E-state index contributed by atoms with van der Waals surface area (Å²) in [5.41, 5.74) is 0.929. The van der Waals surface area contributed by atoms with Crippen molar-refractivity contribution >= 4 is 5.91 Å². The smallest absolute Gasteiger partial charge is 0.224 e. The summed E-state index contributed by atoms with van der Waals surface area (Å²) in [7, 11) is 5.05. The predicted molar refractivity (Wildman–Crippen MR) is 79.2 cm³/mol. The van der Waals surface area contributed by atoms with Crippen LogP contribution < -0.4 is 20.1 Å². The maximum absolute atomic E-state index is 12.0. The number of ether oxygens (including phenoxy) is 2. The Labute approximate surface area is 120 Å². The van der Waals surface area contributed by atoms with Gasteiger partial charge in [-0.25, -0.2) is 0 Å². The summed E-state index contributed by atoms with van der Waals surface area (Å²) in [5, 5.41) is 5.99. The van der Waals surface area contributed by atoms with Crippen molar-refractivity contribution in [2.45, 2.75) is 19.9 Å². The minimum atomic E-state index is -0.123. The van der Waals surface area contributed by atoms with Gasteiger partial charge in [-0.15, -0.1) is 0 Å². The van der Waals surface area contributed by atoms with E-state index in [-0.39, 0.29) is 17.9 Å². The maximum atomic E-state index is 12.0. The van der Waals surface area contributed by atoms with E-state index >= 15 is 0 Å². The van der Waals surface area contributed by atoms with Crippen molar-refractivity contribution in [3.8, 4) is 11.5 Å². The Hall–Kier alpha value is -1.75. The number of nitrogens with one attached hydrogen (secondary N) is 2. The number of rotatable bonds is 7. The molecule has 0 aliphatic heterocycles. The highest BCUT2D eigenvalue weighted by molar-refractivity contribution is 5.79. The predicted octanol–water partition coefficient (Wildman–Crippen LogP) is 1.74. The molecule has 2 atom stereocenters. The number of amides is 1. The van der Waals surface area contributed by atoms with Gasteiger partial charge in [0.2, 0.25) is 5.91 Å². The van der Waals surface area contributed by atoms with Crippen LogP contribution in [0, 0.1) is 5.92 Å². The molecule has 1 rings (SSSR count).